The molecular weight excluding hydrogens is 512 g/mol. The molecule has 0 aliphatic heterocycles. The Balaban J connectivity index is 2.11. The number of carbonyl (C=O) groups excluding carboxylic acids is 3. The van der Waals surface area contributed by atoms with E-state index in [1.165, 1.54) is 19.1 Å². The van der Waals surface area contributed by atoms with Gasteiger partial charge in [-0.25, -0.2) is 0 Å². The van der Waals surface area contributed by atoms with Gasteiger partial charge in [-0.3, -0.25) is 19.3 Å². The highest BCUT2D eigenvalue weighted by molar-refractivity contribution is 6.04. The Morgan fingerprint density at radius 3 is 2.33 bits per heavy atom. The smallest absolute Gasteiger partial charge is 0.248 e. The van der Waals surface area contributed by atoms with E-state index in [0.29, 0.717) is 28.5 Å². The van der Waals surface area contributed by atoms with Crippen molar-refractivity contribution in [2.45, 2.75) is 66.0 Å². The van der Waals surface area contributed by atoms with Crippen LogP contribution in [0.3, 0.4) is 0 Å². The first-order chi connectivity index (χ1) is 18.8. The molecule has 3 rings (SSSR count). The van der Waals surface area contributed by atoms with E-state index < -0.39 is 29.3 Å². The number of aromatic nitrogens is 1. The van der Waals surface area contributed by atoms with Crippen molar-refractivity contribution in [3.63, 3.8) is 0 Å². The number of nitrogens with one attached hydrogen (secondary N) is 2. The van der Waals surface area contributed by atoms with Crippen LogP contribution in [0.1, 0.15) is 62.1 Å². The van der Waals surface area contributed by atoms with Crippen LogP contribution in [0.15, 0.2) is 47.0 Å². The van der Waals surface area contributed by atoms with Crippen LogP contribution in [0, 0.1) is 20.8 Å². The van der Waals surface area contributed by atoms with Gasteiger partial charge in [0, 0.05) is 35.7 Å². The van der Waals surface area contributed by atoms with Crippen molar-refractivity contribution < 1.29 is 28.4 Å². The molecule has 0 aliphatic carbocycles. The summed E-state index contributed by atoms with van der Waals surface area (Å²) in [6.45, 7) is 11.1. The van der Waals surface area contributed by atoms with E-state index in [-0.39, 0.29) is 18.7 Å². The summed E-state index contributed by atoms with van der Waals surface area (Å²) in [4.78, 5) is 42.2. The first-order valence-electron chi connectivity index (χ1n) is 13.0. The summed E-state index contributed by atoms with van der Waals surface area (Å²) < 4.78 is 16.2. The van der Waals surface area contributed by atoms with Crippen LogP contribution in [0.25, 0.3) is 0 Å². The van der Waals surface area contributed by atoms with Crippen molar-refractivity contribution in [3.8, 4) is 11.5 Å². The van der Waals surface area contributed by atoms with E-state index >= 15 is 0 Å². The predicted octanol–water partition coefficient (Wildman–Crippen LogP) is 5.02. The zero-order chi connectivity index (χ0) is 29.6. The van der Waals surface area contributed by atoms with Gasteiger partial charge >= 0.3 is 0 Å². The Hall–Kier alpha value is -4.34. The number of anilines is 2. The standard InChI is InChI=1S/C30H38N4O6/c1-18-12-13-19(2)22(16-18)34(26(36)15-14-25(35)31-24-17-20(3)40-33-24)27(29(37)32-30(4,5)6)21-10-9-11-23(38-7)28(21)39-8/h9-13,16-17,27H,14-15H2,1-8H3,(H,32,37)(H,31,33,35)/t27-/m0/s1. The Morgan fingerprint density at radius 2 is 1.73 bits per heavy atom. The van der Waals surface area contributed by atoms with Gasteiger partial charge in [0.15, 0.2) is 17.3 Å². The molecule has 0 saturated carbocycles. The van der Waals surface area contributed by atoms with Crippen molar-refractivity contribution in [3.05, 3.63) is 64.9 Å². The summed E-state index contributed by atoms with van der Waals surface area (Å²) in [6, 6.07) is 11.4. The van der Waals surface area contributed by atoms with Crippen LogP contribution in [0.4, 0.5) is 11.5 Å². The minimum Gasteiger partial charge on any atom is -0.493 e. The Bertz CT molecular complexity index is 1370. The van der Waals surface area contributed by atoms with Crippen molar-refractivity contribution in [2.24, 2.45) is 0 Å². The second kappa shape index (κ2) is 12.7. The lowest BCUT2D eigenvalue weighted by atomic mass is 9.97. The van der Waals surface area contributed by atoms with Gasteiger partial charge < -0.3 is 24.6 Å². The molecule has 1 heterocycles. The zero-order valence-corrected chi connectivity index (χ0v) is 24.4. The first kappa shape index (κ1) is 30.2. The highest BCUT2D eigenvalue weighted by Gasteiger charge is 2.37. The molecule has 0 bridgehead atoms. The zero-order valence-electron chi connectivity index (χ0n) is 24.4. The van der Waals surface area contributed by atoms with E-state index in [1.807, 2.05) is 52.8 Å². The van der Waals surface area contributed by atoms with Crippen LogP contribution >= 0.6 is 0 Å². The molecule has 0 fully saturated rings. The van der Waals surface area contributed by atoms with Crippen molar-refractivity contribution in [1.29, 1.82) is 0 Å². The van der Waals surface area contributed by atoms with Crippen LogP contribution in [0.5, 0.6) is 11.5 Å². The maximum atomic E-state index is 14.1. The number of amides is 3. The first-order valence-corrected chi connectivity index (χ1v) is 13.0. The van der Waals surface area contributed by atoms with Gasteiger partial charge in [-0.1, -0.05) is 29.4 Å². The lowest BCUT2D eigenvalue weighted by Gasteiger charge is -2.35. The van der Waals surface area contributed by atoms with Gasteiger partial charge in [-0.2, -0.15) is 0 Å². The summed E-state index contributed by atoms with van der Waals surface area (Å²) >= 11 is 0. The molecule has 0 radical (unpaired) electrons. The quantitative estimate of drug-likeness (QED) is 0.363. The van der Waals surface area contributed by atoms with Gasteiger partial charge in [-0.05, 0) is 64.8 Å². The topological polar surface area (TPSA) is 123 Å². The molecule has 214 valence electrons. The molecule has 40 heavy (non-hydrogen) atoms. The number of rotatable bonds is 10. The number of aryl methyl sites for hydroxylation is 3. The molecule has 2 N–H and O–H groups in total. The fourth-order valence-electron chi connectivity index (χ4n) is 4.33. The number of benzene rings is 2. The molecule has 3 amide bonds. The average molecular weight is 551 g/mol. The minimum atomic E-state index is -1.13. The molecule has 0 saturated heterocycles. The number of methoxy groups -OCH3 is 2. The fraction of sp³-hybridized carbons (Fsp3) is 0.400. The van der Waals surface area contributed by atoms with Gasteiger partial charge in [0.25, 0.3) is 0 Å². The summed E-state index contributed by atoms with van der Waals surface area (Å²) in [6.07, 6.45) is -0.295. The second-order valence-electron chi connectivity index (χ2n) is 10.6. The van der Waals surface area contributed by atoms with Crippen molar-refractivity contribution in [1.82, 2.24) is 10.5 Å². The number of hydrogen-bond donors (Lipinski definition) is 2. The molecule has 0 spiro atoms. The van der Waals surface area contributed by atoms with Crippen LogP contribution in [-0.4, -0.2) is 42.6 Å². The van der Waals surface area contributed by atoms with Gasteiger partial charge in [0.05, 0.1) is 14.2 Å². The lowest BCUT2D eigenvalue weighted by molar-refractivity contribution is -0.128. The highest BCUT2D eigenvalue weighted by atomic mass is 16.5. The number of para-hydroxylation sites is 1. The normalized spacial score (nSPS) is 11.9. The van der Waals surface area contributed by atoms with Crippen LogP contribution in [-0.2, 0) is 14.4 Å². The molecule has 0 unspecified atom stereocenters. The molecule has 3 aromatic rings. The molecule has 2 aromatic carbocycles. The van der Waals surface area contributed by atoms with E-state index in [9.17, 15) is 14.4 Å². The van der Waals surface area contributed by atoms with E-state index in [0.717, 1.165) is 11.1 Å². The van der Waals surface area contributed by atoms with E-state index in [1.54, 1.807) is 31.2 Å². The summed E-state index contributed by atoms with van der Waals surface area (Å²) in [5.74, 6) is 0.343. The monoisotopic (exact) mass is 550 g/mol. The molecule has 1 atom stereocenters. The molecule has 0 aliphatic rings. The lowest BCUT2D eigenvalue weighted by Crippen LogP contribution is -2.49. The third-order valence-electron chi connectivity index (χ3n) is 6.09. The van der Waals surface area contributed by atoms with Crippen molar-refractivity contribution >= 4 is 29.2 Å². The largest absolute Gasteiger partial charge is 0.493 e. The number of carbonyl (C=O) groups is 3. The van der Waals surface area contributed by atoms with Crippen LogP contribution in [0.2, 0.25) is 0 Å². The highest BCUT2D eigenvalue weighted by Crippen LogP contribution is 2.40. The summed E-state index contributed by atoms with van der Waals surface area (Å²) in [7, 11) is 2.99. The Kier molecular flexibility index (Phi) is 9.57. The van der Waals surface area contributed by atoms with Gasteiger partial charge in [0.1, 0.15) is 11.8 Å². The molecule has 10 nitrogen and oxygen atoms in total. The van der Waals surface area contributed by atoms with E-state index in [4.69, 9.17) is 14.0 Å². The molecular formula is C30H38N4O6. The maximum absolute atomic E-state index is 14.1. The van der Waals surface area contributed by atoms with Gasteiger partial charge in [-0.15, -0.1) is 0 Å². The third kappa shape index (κ3) is 7.40. The number of nitrogens with zero attached hydrogens (tertiary/aromatic N) is 2. The number of hydrogen-bond acceptors (Lipinski definition) is 7. The van der Waals surface area contributed by atoms with Gasteiger partial charge in [0.2, 0.25) is 17.7 Å². The predicted molar refractivity (Wildman–Crippen MR) is 153 cm³/mol. The third-order valence-corrected chi connectivity index (χ3v) is 6.09. The number of ether oxygens (including phenoxy) is 2. The summed E-state index contributed by atoms with van der Waals surface area (Å²) in [5, 5.41) is 9.42. The minimum absolute atomic E-state index is 0.130. The summed E-state index contributed by atoms with van der Waals surface area (Å²) in [5.41, 5.74) is 2.10. The Labute approximate surface area is 235 Å². The van der Waals surface area contributed by atoms with Crippen molar-refractivity contribution in [2.75, 3.05) is 24.4 Å². The Morgan fingerprint density at radius 1 is 1.00 bits per heavy atom. The average Bonchev–Trinajstić information content (AvgIpc) is 3.29. The maximum Gasteiger partial charge on any atom is 0.248 e. The molecule has 10 heteroatoms. The van der Waals surface area contributed by atoms with E-state index in [2.05, 4.69) is 15.8 Å². The SMILES string of the molecule is COc1cccc([C@@H](C(=O)NC(C)(C)C)N(C(=O)CCC(=O)Nc2cc(C)on2)c2cc(C)ccc2C)c1OC. The molecule has 1 aromatic heterocycles. The van der Waals surface area contributed by atoms with Crippen LogP contribution < -0.4 is 25.0 Å². The fourth-order valence-corrected chi connectivity index (χ4v) is 4.33. The second-order valence-corrected chi connectivity index (χ2v) is 10.6.